The molecule has 1 heterocycles. The number of hydrogen-bond donors (Lipinski definition) is 0. The number of benzene rings is 2. The molecule has 0 fully saturated rings. The fourth-order valence-electron chi connectivity index (χ4n) is 2.15. The van der Waals surface area contributed by atoms with Gasteiger partial charge >= 0.3 is 0 Å². The number of hydrogen-bond acceptors (Lipinski definition) is 1. The normalized spacial score (nSPS) is 12.3. The summed E-state index contributed by atoms with van der Waals surface area (Å²) in [6.45, 7) is 1.76. The van der Waals surface area contributed by atoms with E-state index < -0.39 is 0 Å². The smallest absolute Gasteiger partial charge is 0.126 e. The molecule has 4 heteroatoms. The van der Waals surface area contributed by atoms with Crippen LogP contribution in [0.3, 0.4) is 0 Å². The first-order chi connectivity index (χ1) is 10.1. The summed E-state index contributed by atoms with van der Waals surface area (Å²) in [6.07, 6.45) is 3.75. The summed E-state index contributed by atoms with van der Waals surface area (Å²) in [5, 5.41) is 4.37. The third kappa shape index (κ3) is 2.90. The number of aryl methyl sites for hydroxylation is 1. The van der Waals surface area contributed by atoms with E-state index in [-0.39, 0.29) is 10.6 Å². The average Bonchev–Trinajstić information content (AvgIpc) is 3.00. The molecule has 1 atom stereocenters. The summed E-state index contributed by atoms with van der Waals surface area (Å²) in [4.78, 5) is -0.0786. The molecule has 0 amide bonds. The molecule has 21 heavy (non-hydrogen) atoms. The molecule has 0 aliphatic carbocycles. The maximum Gasteiger partial charge on any atom is 0.126 e. The monoisotopic (exact) mass is 344 g/mol. The summed E-state index contributed by atoms with van der Waals surface area (Å²) >= 11 is 3.62. The Hall–Kier alpha value is -1.94. The van der Waals surface area contributed by atoms with Gasteiger partial charge in [0.05, 0.1) is 16.7 Å². The van der Waals surface area contributed by atoms with E-state index in [2.05, 4.69) is 21.0 Å². The van der Waals surface area contributed by atoms with Gasteiger partial charge in [0.15, 0.2) is 0 Å². The van der Waals surface area contributed by atoms with Crippen LogP contribution in [0, 0.1) is 12.7 Å². The Morgan fingerprint density at radius 3 is 2.57 bits per heavy atom. The highest BCUT2D eigenvalue weighted by atomic mass is 79.9. The van der Waals surface area contributed by atoms with Gasteiger partial charge in [0.2, 0.25) is 0 Å². The molecule has 2 nitrogen and oxygen atoms in total. The first-order valence-electron chi connectivity index (χ1n) is 6.65. The first kappa shape index (κ1) is 14.0. The molecule has 0 saturated carbocycles. The number of para-hydroxylation sites is 1. The van der Waals surface area contributed by atoms with Crippen LogP contribution < -0.4 is 0 Å². The number of alkyl halides is 1. The van der Waals surface area contributed by atoms with E-state index in [1.54, 1.807) is 25.3 Å². The highest BCUT2D eigenvalue weighted by Crippen LogP contribution is 2.31. The lowest BCUT2D eigenvalue weighted by atomic mass is 10.1. The molecule has 0 bridgehead atoms. The van der Waals surface area contributed by atoms with E-state index in [1.807, 2.05) is 47.3 Å². The highest BCUT2D eigenvalue weighted by Gasteiger charge is 2.14. The van der Waals surface area contributed by atoms with Crippen molar-refractivity contribution >= 4 is 15.9 Å². The van der Waals surface area contributed by atoms with Crippen LogP contribution in [-0.4, -0.2) is 9.78 Å². The van der Waals surface area contributed by atoms with E-state index in [0.717, 1.165) is 16.8 Å². The van der Waals surface area contributed by atoms with Crippen LogP contribution in [0.5, 0.6) is 0 Å². The van der Waals surface area contributed by atoms with Crippen LogP contribution in [0.2, 0.25) is 0 Å². The average molecular weight is 345 g/mol. The summed E-state index contributed by atoms with van der Waals surface area (Å²) in [7, 11) is 0. The quantitative estimate of drug-likeness (QED) is 0.623. The first-order valence-corrected chi connectivity index (χ1v) is 7.57. The molecule has 1 aromatic heterocycles. The minimum absolute atomic E-state index is 0.0786. The molecule has 0 aliphatic heterocycles. The Morgan fingerprint density at radius 1 is 1.10 bits per heavy atom. The number of rotatable bonds is 3. The van der Waals surface area contributed by atoms with Crippen molar-refractivity contribution in [3.8, 4) is 5.69 Å². The van der Waals surface area contributed by atoms with Crippen LogP contribution in [0.25, 0.3) is 5.69 Å². The second kappa shape index (κ2) is 5.82. The van der Waals surface area contributed by atoms with Gasteiger partial charge in [-0.3, -0.25) is 0 Å². The van der Waals surface area contributed by atoms with Gasteiger partial charge in [0, 0.05) is 11.8 Å². The van der Waals surface area contributed by atoms with E-state index in [1.165, 1.54) is 0 Å². The van der Waals surface area contributed by atoms with Crippen molar-refractivity contribution in [2.75, 3.05) is 0 Å². The van der Waals surface area contributed by atoms with Gasteiger partial charge in [-0.15, -0.1) is 0 Å². The summed E-state index contributed by atoms with van der Waals surface area (Å²) in [5.74, 6) is -0.188. The lowest BCUT2D eigenvalue weighted by Gasteiger charge is -2.09. The van der Waals surface area contributed by atoms with Crippen molar-refractivity contribution in [2.24, 2.45) is 0 Å². The zero-order valence-corrected chi connectivity index (χ0v) is 13.1. The molecular formula is C17H14BrFN2. The second-order valence-corrected chi connectivity index (χ2v) is 5.84. The van der Waals surface area contributed by atoms with Gasteiger partial charge in [0.1, 0.15) is 5.82 Å². The van der Waals surface area contributed by atoms with Crippen LogP contribution in [0.15, 0.2) is 60.9 Å². The third-order valence-corrected chi connectivity index (χ3v) is 4.46. The standard InChI is InChI=1S/C17H14BrFN2/c1-12-7-8-13(9-16(12)19)17(18)14-10-20-21(11-14)15-5-3-2-4-6-15/h2-11,17H,1H3. The molecule has 0 N–H and O–H groups in total. The predicted molar refractivity (Wildman–Crippen MR) is 85.5 cm³/mol. The molecule has 1 unspecified atom stereocenters. The van der Waals surface area contributed by atoms with Crippen molar-refractivity contribution in [1.82, 2.24) is 9.78 Å². The largest absolute Gasteiger partial charge is 0.241 e. The number of aromatic nitrogens is 2. The Morgan fingerprint density at radius 2 is 1.86 bits per heavy atom. The summed E-state index contributed by atoms with van der Waals surface area (Å²) < 4.78 is 15.5. The Balaban J connectivity index is 1.90. The molecule has 0 saturated heterocycles. The van der Waals surface area contributed by atoms with Crippen molar-refractivity contribution in [3.05, 3.63) is 83.4 Å². The number of nitrogens with zero attached hydrogens (tertiary/aromatic N) is 2. The van der Waals surface area contributed by atoms with Gasteiger partial charge in [-0.05, 0) is 36.2 Å². The SMILES string of the molecule is Cc1ccc(C(Br)c2cnn(-c3ccccc3)c2)cc1F. The zero-order valence-electron chi connectivity index (χ0n) is 11.5. The van der Waals surface area contributed by atoms with Gasteiger partial charge in [-0.25, -0.2) is 9.07 Å². The summed E-state index contributed by atoms with van der Waals surface area (Å²) in [5.41, 5.74) is 3.52. The van der Waals surface area contributed by atoms with Crippen LogP contribution in [-0.2, 0) is 0 Å². The lowest BCUT2D eigenvalue weighted by Crippen LogP contribution is -1.95. The van der Waals surface area contributed by atoms with Crippen LogP contribution >= 0.6 is 15.9 Å². The fourth-order valence-corrected chi connectivity index (χ4v) is 2.67. The molecule has 3 rings (SSSR count). The maximum atomic E-state index is 13.7. The molecular weight excluding hydrogens is 331 g/mol. The van der Waals surface area contributed by atoms with Crippen LogP contribution in [0.4, 0.5) is 4.39 Å². The van der Waals surface area contributed by atoms with Crippen molar-refractivity contribution in [2.45, 2.75) is 11.8 Å². The van der Waals surface area contributed by atoms with E-state index >= 15 is 0 Å². The van der Waals surface area contributed by atoms with E-state index in [0.29, 0.717) is 5.56 Å². The summed E-state index contributed by atoms with van der Waals surface area (Å²) in [6, 6.07) is 15.2. The minimum atomic E-state index is -0.188. The zero-order chi connectivity index (χ0) is 14.8. The molecule has 2 aromatic carbocycles. The van der Waals surface area contributed by atoms with E-state index in [9.17, 15) is 4.39 Å². The maximum absolute atomic E-state index is 13.7. The second-order valence-electron chi connectivity index (χ2n) is 4.92. The van der Waals surface area contributed by atoms with Crippen LogP contribution in [0.1, 0.15) is 21.5 Å². The van der Waals surface area contributed by atoms with Crippen molar-refractivity contribution in [1.29, 1.82) is 0 Å². The topological polar surface area (TPSA) is 17.8 Å². The highest BCUT2D eigenvalue weighted by molar-refractivity contribution is 9.09. The van der Waals surface area contributed by atoms with Gasteiger partial charge in [-0.1, -0.05) is 46.3 Å². The molecule has 106 valence electrons. The Bertz CT molecular complexity index is 752. The number of halogens is 2. The molecule has 3 aromatic rings. The Labute approximate surface area is 131 Å². The Kier molecular flexibility index (Phi) is 3.88. The van der Waals surface area contributed by atoms with E-state index in [4.69, 9.17) is 0 Å². The van der Waals surface area contributed by atoms with Gasteiger partial charge in [0.25, 0.3) is 0 Å². The van der Waals surface area contributed by atoms with Gasteiger partial charge in [-0.2, -0.15) is 5.10 Å². The minimum Gasteiger partial charge on any atom is -0.241 e. The predicted octanol–water partition coefficient (Wildman–Crippen LogP) is 4.80. The molecule has 0 radical (unpaired) electrons. The lowest BCUT2D eigenvalue weighted by molar-refractivity contribution is 0.616. The third-order valence-electron chi connectivity index (χ3n) is 3.40. The van der Waals surface area contributed by atoms with Crippen molar-refractivity contribution < 1.29 is 4.39 Å². The van der Waals surface area contributed by atoms with Crippen molar-refractivity contribution in [3.63, 3.8) is 0 Å². The van der Waals surface area contributed by atoms with Gasteiger partial charge < -0.3 is 0 Å². The molecule has 0 aliphatic rings. The molecule has 0 spiro atoms. The fraction of sp³-hybridized carbons (Fsp3) is 0.118.